The number of hydrogen-bond acceptors (Lipinski definition) is 2. The van der Waals surface area contributed by atoms with Crippen molar-refractivity contribution in [2.75, 3.05) is 0 Å². The van der Waals surface area contributed by atoms with Crippen LogP contribution in [0, 0.1) is 5.92 Å². The first kappa shape index (κ1) is 12.6. The highest BCUT2D eigenvalue weighted by Gasteiger charge is 2.15. The van der Waals surface area contributed by atoms with Gasteiger partial charge in [0.05, 0.1) is 6.10 Å². The Morgan fingerprint density at radius 3 is 2.15 bits per heavy atom. The first-order chi connectivity index (χ1) is 6.15. The quantitative estimate of drug-likeness (QED) is 0.663. The molecule has 0 aromatic heterocycles. The van der Waals surface area contributed by atoms with E-state index in [1.165, 1.54) is 0 Å². The Morgan fingerprint density at radius 2 is 1.77 bits per heavy atom. The number of aliphatic hydroxyl groups is 1. The van der Waals surface area contributed by atoms with E-state index in [0.717, 1.165) is 25.7 Å². The van der Waals surface area contributed by atoms with E-state index >= 15 is 0 Å². The molecule has 2 atom stereocenters. The second-order valence-electron chi connectivity index (χ2n) is 3.56. The van der Waals surface area contributed by atoms with Crippen molar-refractivity contribution in [2.24, 2.45) is 5.92 Å². The first-order valence-electron chi connectivity index (χ1n) is 5.36. The molecule has 0 aliphatic heterocycles. The molecule has 2 nitrogen and oxygen atoms in total. The topological polar surface area (TPSA) is 37.3 Å². The van der Waals surface area contributed by atoms with Crippen molar-refractivity contribution < 1.29 is 9.90 Å². The van der Waals surface area contributed by atoms with Crippen molar-refractivity contribution >= 4 is 5.78 Å². The standard InChI is InChI=1S/C11H22O2/c1-4-9(11(13)6-3)7-8-10(12)5-2/h9-10,12H,4-8H2,1-3H3. The molecule has 1 N–H and O–H groups in total. The van der Waals surface area contributed by atoms with Gasteiger partial charge in [0.25, 0.3) is 0 Å². The Hall–Kier alpha value is -0.370. The van der Waals surface area contributed by atoms with Gasteiger partial charge in [0.2, 0.25) is 0 Å². The van der Waals surface area contributed by atoms with Gasteiger partial charge in [-0.3, -0.25) is 4.79 Å². The van der Waals surface area contributed by atoms with Crippen LogP contribution in [-0.4, -0.2) is 17.0 Å². The molecular formula is C11H22O2. The summed E-state index contributed by atoms with van der Waals surface area (Å²) in [4.78, 5) is 11.4. The van der Waals surface area contributed by atoms with Gasteiger partial charge in [0, 0.05) is 12.3 Å². The molecule has 78 valence electrons. The number of hydrogen-bond donors (Lipinski definition) is 1. The van der Waals surface area contributed by atoms with E-state index < -0.39 is 0 Å². The molecular weight excluding hydrogens is 164 g/mol. The average Bonchev–Trinajstić information content (AvgIpc) is 2.17. The predicted octanol–water partition coefficient (Wildman–Crippen LogP) is 2.54. The lowest BCUT2D eigenvalue weighted by Crippen LogP contribution is -2.15. The molecule has 0 saturated carbocycles. The maximum absolute atomic E-state index is 11.4. The normalized spacial score (nSPS) is 15.4. The Balaban J connectivity index is 3.78. The van der Waals surface area contributed by atoms with E-state index in [9.17, 15) is 9.90 Å². The fourth-order valence-electron chi connectivity index (χ4n) is 1.48. The monoisotopic (exact) mass is 186 g/mol. The van der Waals surface area contributed by atoms with E-state index in [1.807, 2.05) is 20.8 Å². The van der Waals surface area contributed by atoms with Gasteiger partial charge in [-0.1, -0.05) is 20.8 Å². The van der Waals surface area contributed by atoms with Crippen LogP contribution in [0.1, 0.15) is 52.9 Å². The lowest BCUT2D eigenvalue weighted by atomic mass is 9.92. The van der Waals surface area contributed by atoms with Gasteiger partial charge in [-0.2, -0.15) is 0 Å². The first-order valence-corrected chi connectivity index (χ1v) is 5.36. The summed E-state index contributed by atoms with van der Waals surface area (Å²) in [7, 11) is 0. The molecule has 2 unspecified atom stereocenters. The maximum atomic E-state index is 11.4. The van der Waals surface area contributed by atoms with Gasteiger partial charge >= 0.3 is 0 Å². The zero-order valence-electron chi connectivity index (χ0n) is 9.05. The molecule has 0 fully saturated rings. The molecule has 0 heterocycles. The molecule has 0 aromatic carbocycles. The fourth-order valence-corrected chi connectivity index (χ4v) is 1.48. The third-order valence-corrected chi connectivity index (χ3v) is 2.62. The van der Waals surface area contributed by atoms with Crippen LogP contribution in [0.4, 0.5) is 0 Å². The summed E-state index contributed by atoms with van der Waals surface area (Å²) in [5.74, 6) is 0.511. The van der Waals surface area contributed by atoms with Gasteiger partial charge in [-0.15, -0.1) is 0 Å². The van der Waals surface area contributed by atoms with Crippen LogP contribution in [0.3, 0.4) is 0 Å². The Bertz CT molecular complexity index is 143. The van der Waals surface area contributed by atoms with Crippen molar-refractivity contribution in [1.82, 2.24) is 0 Å². The summed E-state index contributed by atoms with van der Waals surface area (Å²) in [6, 6.07) is 0. The average molecular weight is 186 g/mol. The Labute approximate surface area is 81.3 Å². The lowest BCUT2D eigenvalue weighted by molar-refractivity contribution is -0.123. The van der Waals surface area contributed by atoms with Crippen molar-refractivity contribution in [1.29, 1.82) is 0 Å². The second kappa shape index (κ2) is 7.07. The Kier molecular flexibility index (Phi) is 6.87. The van der Waals surface area contributed by atoms with Gasteiger partial charge in [-0.05, 0) is 25.7 Å². The predicted molar refractivity (Wildman–Crippen MR) is 54.6 cm³/mol. The molecule has 0 rings (SSSR count). The summed E-state index contributed by atoms with van der Waals surface area (Å²) in [6.07, 6.45) is 3.71. The van der Waals surface area contributed by atoms with Crippen LogP contribution >= 0.6 is 0 Å². The number of carbonyl (C=O) groups is 1. The molecule has 0 radical (unpaired) electrons. The van der Waals surface area contributed by atoms with Crippen LogP contribution in [0.2, 0.25) is 0 Å². The van der Waals surface area contributed by atoms with Crippen molar-refractivity contribution in [2.45, 2.75) is 59.0 Å². The fraction of sp³-hybridized carbons (Fsp3) is 0.909. The summed E-state index contributed by atoms with van der Waals surface area (Å²) in [5.41, 5.74) is 0. The van der Waals surface area contributed by atoms with Crippen LogP contribution < -0.4 is 0 Å². The molecule has 0 saturated heterocycles. The molecule has 13 heavy (non-hydrogen) atoms. The van der Waals surface area contributed by atoms with Gasteiger partial charge < -0.3 is 5.11 Å². The van der Waals surface area contributed by atoms with Gasteiger partial charge in [0.1, 0.15) is 5.78 Å². The zero-order valence-corrected chi connectivity index (χ0v) is 9.05. The van der Waals surface area contributed by atoms with E-state index in [2.05, 4.69) is 0 Å². The Morgan fingerprint density at radius 1 is 1.15 bits per heavy atom. The summed E-state index contributed by atoms with van der Waals surface area (Å²) < 4.78 is 0. The van der Waals surface area contributed by atoms with Crippen LogP contribution in [0.25, 0.3) is 0 Å². The molecule has 0 aromatic rings. The van der Waals surface area contributed by atoms with Crippen LogP contribution in [0.15, 0.2) is 0 Å². The molecule has 0 spiro atoms. The highest BCUT2D eigenvalue weighted by Crippen LogP contribution is 2.16. The molecule has 0 amide bonds. The molecule has 2 heteroatoms. The zero-order chi connectivity index (χ0) is 10.3. The second-order valence-corrected chi connectivity index (χ2v) is 3.56. The molecule has 0 aliphatic rings. The molecule has 0 bridgehead atoms. The number of ketones is 1. The molecule has 0 aliphatic carbocycles. The lowest BCUT2D eigenvalue weighted by Gasteiger charge is -2.14. The smallest absolute Gasteiger partial charge is 0.135 e. The van der Waals surface area contributed by atoms with Crippen LogP contribution in [0.5, 0.6) is 0 Å². The van der Waals surface area contributed by atoms with Crippen molar-refractivity contribution in [3.05, 3.63) is 0 Å². The number of aliphatic hydroxyl groups excluding tert-OH is 1. The van der Waals surface area contributed by atoms with E-state index in [0.29, 0.717) is 12.2 Å². The van der Waals surface area contributed by atoms with Crippen LogP contribution in [-0.2, 0) is 4.79 Å². The summed E-state index contributed by atoms with van der Waals surface area (Å²) in [5, 5.41) is 9.35. The van der Waals surface area contributed by atoms with Gasteiger partial charge in [0.15, 0.2) is 0 Å². The largest absolute Gasteiger partial charge is 0.393 e. The number of carbonyl (C=O) groups excluding carboxylic acids is 1. The van der Waals surface area contributed by atoms with Crippen molar-refractivity contribution in [3.63, 3.8) is 0 Å². The van der Waals surface area contributed by atoms with Gasteiger partial charge in [-0.25, -0.2) is 0 Å². The highest BCUT2D eigenvalue weighted by molar-refractivity contribution is 5.80. The third kappa shape index (κ3) is 5.04. The summed E-state index contributed by atoms with van der Waals surface area (Å²) in [6.45, 7) is 5.91. The van der Waals surface area contributed by atoms with E-state index in [-0.39, 0.29) is 12.0 Å². The maximum Gasteiger partial charge on any atom is 0.135 e. The minimum Gasteiger partial charge on any atom is -0.393 e. The number of Topliss-reactive ketones (excluding diaryl/α,β-unsaturated/α-hetero) is 1. The van der Waals surface area contributed by atoms with Crippen molar-refractivity contribution in [3.8, 4) is 0 Å². The SMILES string of the molecule is CCC(=O)C(CC)CCC(O)CC. The minimum atomic E-state index is -0.223. The third-order valence-electron chi connectivity index (χ3n) is 2.62. The highest BCUT2D eigenvalue weighted by atomic mass is 16.3. The summed E-state index contributed by atoms with van der Waals surface area (Å²) >= 11 is 0. The van der Waals surface area contributed by atoms with E-state index in [1.54, 1.807) is 0 Å². The van der Waals surface area contributed by atoms with E-state index in [4.69, 9.17) is 0 Å². The minimum absolute atomic E-state index is 0.172. The number of rotatable bonds is 7.